The highest BCUT2D eigenvalue weighted by Crippen LogP contribution is 2.22. The van der Waals surface area contributed by atoms with Crippen molar-refractivity contribution in [2.24, 2.45) is 0 Å². The van der Waals surface area contributed by atoms with Gasteiger partial charge in [0.2, 0.25) is 0 Å². The van der Waals surface area contributed by atoms with Gasteiger partial charge in [-0.2, -0.15) is 0 Å². The molecule has 2 unspecified atom stereocenters. The molecule has 124 valence electrons. The zero-order valence-electron chi connectivity index (χ0n) is 11.9. The van der Waals surface area contributed by atoms with Crippen LogP contribution in [-0.4, -0.2) is 30.9 Å². The van der Waals surface area contributed by atoms with Gasteiger partial charge in [0.25, 0.3) is 5.91 Å². The van der Waals surface area contributed by atoms with Gasteiger partial charge in [-0.05, 0) is 50.6 Å². The second kappa shape index (κ2) is 7.69. The van der Waals surface area contributed by atoms with Gasteiger partial charge >= 0.3 is 6.36 Å². The summed E-state index contributed by atoms with van der Waals surface area (Å²) in [4.78, 5) is 12.1. The summed E-state index contributed by atoms with van der Waals surface area (Å²) >= 11 is 0. The number of halogens is 4. The molecule has 1 aliphatic heterocycles. The minimum atomic E-state index is -4.73. The molecule has 8 heteroatoms. The molecule has 0 saturated carbocycles. The summed E-state index contributed by atoms with van der Waals surface area (Å²) in [6, 6.07) is 5.10. The summed E-state index contributed by atoms with van der Waals surface area (Å²) in [5.41, 5.74) is 0.308. The molecule has 0 spiro atoms. The third kappa shape index (κ3) is 5.38. The lowest BCUT2D eigenvalue weighted by molar-refractivity contribution is -0.274. The van der Waals surface area contributed by atoms with E-state index in [1.54, 1.807) is 0 Å². The minimum absolute atomic E-state index is 0. The van der Waals surface area contributed by atoms with Crippen molar-refractivity contribution < 1.29 is 22.7 Å². The lowest BCUT2D eigenvalue weighted by atomic mass is 9.99. The van der Waals surface area contributed by atoms with Gasteiger partial charge in [-0.1, -0.05) is 0 Å². The molecule has 22 heavy (non-hydrogen) atoms. The molecule has 2 N–H and O–H groups in total. The first kappa shape index (κ1) is 18.6. The summed E-state index contributed by atoms with van der Waals surface area (Å²) in [5.74, 6) is -0.638. The van der Waals surface area contributed by atoms with Gasteiger partial charge in [-0.25, -0.2) is 0 Å². The first-order chi connectivity index (χ1) is 9.85. The van der Waals surface area contributed by atoms with Crippen LogP contribution in [0.5, 0.6) is 5.75 Å². The fourth-order valence-electron chi connectivity index (χ4n) is 2.30. The summed E-state index contributed by atoms with van der Waals surface area (Å²) in [6.45, 7) is 2.92. The summed E-state index contributed by atoms with van der Waals surface area (Å²) in [5, 5.41) is 6.15. The number of nitrogens with one attached hydrogen (secondary N) is 2. The van der Waals surface area contributed by atoms with Crippen LogP contribution in [0.2, 0.25) is 0 Å². The average Bonchev–Trinajstić information content (AvgIpc) is 2.40. The Morgan fingerprint density at radius 3 is 2.50 bits per heavy atom. The Morgan fingerprint density at radius 1 is 1.32 bits per heavy atom. The molecule has 1 saturated heterocycles. The van der Waals surface area contributed by atoms with Crippen molar-refractivity contribution in [2.45, 2.75) is 38.2 Å². The average molecular weight is 339 g/mol. The van der Waals surface area contributed by atoms with E-state index >= 15 is 0 Å². The minimum Gasteiger partial charge on any atom is -0.406 e. The predicted molar refractivity (Wildman–Crippen MR) is 78.3 cm³/mol. The maximum absolute atomic E-state index is 12.1. The number of carbonyl (C=O) groups is 1. The SMILES string of the molecule is CC1NCCCC1NC(=O)c1ccc(OC(F)(F)F)cc1.Cl. The third-order valence-corrected chi connectivity index (χ3v) is 3.43. The Bertz CT molecular complexity index is 494. The quantitative estimate of drug-likeness (QED) is 0.891. The number of ether oxygens (including phenoxy) is 1. The van der Waals surface area contributed by atoms with Crippen LogP contribution >= 0.6 is 12.4 Å². The second-order valence-corrected chi connectivity index (χ2v) is 5.04. The lowest BCUT2D eigenvalue weighted by Gasteiger charge is -2.30. The summed E-state index contributed by atoms with van der Waals surface area (Å²) < 4.78 is 39.9. The molecule has 2 rings (SSSR count). The molecule has 0 aliphatic carbocycles. The zero-order valence-corrected chi connectivity index (χ0v) is 12.8. The van der Waals surface area contributed by atoms with Crippen molar-refractivity contribution in [1.82, 2.24) is 10.6 Å². The van der Waals surface area contributed by atoms with Crippen LogP contribution in [0.15, 0.2) is 24.3 Å². The molecule has 1 amide bonds. The van der Waals surface area contributed by atoms with Crippen LogP contribution in [0.3, 0.4) is 0 Å². The van der Waals surface area contributed by atoms with E-state index in [1.807, 2.05) is 6.92 Å². The van der Waals surface area contributed by atoms with E-state index in [9.17, 15) is 18.0 Å². The topological polar surface area (TPSA) is 50.4 Å². The van der Waals surface area contributed by atoms with Crippen LogP contribution in [0, 0.1) is 0 Å². The van der Waals surface area contributed by atoms with Crippen molar-refractivity contribution in [3.8, 4) is 5.75 Å². The molecule has 0 radical (unpaired) electrons. The maximum atomic E-state index is 12.1. The number of rotatable bonds is 3. The van der Waals surface area contributed by atoms with Crippen molar-refractivity contribution in [3.63, 3.8) is 0 Å². The van der Waals surface area contributed by atoms with Crippen molar-refractivity contribution >= 4 is 18.3 Å². The van der Waals surface area contributed by atoms with E-state index in [2.05, 4.69) is 15.4 Å². The van der Waals surface area contributed by atoms with E-state index in [1.165, 1.54) is 12.1 Å². The first-order valence-electron chi connectivity index (χ1n) is 6.75. The Labute approximate surface area is 132 Å². The maximum Gasteiger partial charge on any atom is 0.573 e. The van der Waals surface area contributed by atoms with Crippen LogP contribution in [0.25, 0.3) is 0 Å². The fraction of sp³-hybridized carbons (Fsp3) is 0.500. The highest BCUT2D eigenvalue weighted by Gasteiger charge is 2.31. The predicted octanol–water partition coefficient (Wildman–Crippen LogP) is 2.88. The van der Waals surface area contributed by atoms with Crippen molar-refractivity contribution in [2.75, 3.05) is 6.54 Å². The van der Waals surface area contributed by atoms with Crippen LogP contribution in [0.1, 0.15) is 30.1 Å². The van der Waals surface area contributed by atoms with Gasteiger partial charge < -0.3 is 15.4 Å². The van der Waals surface area contributed by atoms with E-state index in [0.717, 1.165) is 31.5 Å². The van der Waals surface area contributed by atoms with Crippen LogP contribution < -0.4 is 15.4 Å². The van der Waals surface area contributed by atoms with Crippen LogP contribution in [0.4, 0.5) is 13.2 Å². The molecule has 0 aromatic heterocycles. The molecular formula is C14H18ClF3N2O2. The number of carbonyl (C=O) groups excluding carboxylic acids is 1. The zero-order chi connectivity index (χ0) is 15.5. The van der Waals surface area contributed by atoms with Crippen LogP contribution in [-0.2, 0) is 0 Å². The molecule has 1 fully saturated rings. The van der Waals surface area contributed by atoms with Gasteiger partial charge in [0, 0.05) is 17.6 Å². The van der Waals surface area contributed by atoms with Gasteiger partial charge in [0.1, 0.15) is 5.75 Å². The highest BCUT2D eigenvalue weighted by atomic mass is 35.5. The highest BCUT2D eigenvalue weighted by molar-refractivity contribution is 5.94. The number of benzene rings is 1. The largest absolute Gasteiger partial charge is 0.573 e. The number of alkyl halides is 3. The number of hydrogen-bond acceptors (Lipinski definition) is 3. The molecule has 1 aliphatic rings. The number of amides is 1. The smallest absolute Gasteiger partial charge is 0.406 e. The van der Waals surface area contributed by atoms with Crippen molar-refractivity contribution in [1.29, 1.82) is 0 Å². The van der Waals surface area contributed by atoms with Gasteiger partial charge in [-0.3, -0.25) is 4.79 Å². The molecule has 0 bridgehead atoms. The second-order valence-electron chi connectivity index (χ2n) is 5.04. The molecule has 1 heterocycles. The first-order valence-corrected chi connectivity index (χ1v) is 6.75. The Kier molecular flexibility index (Phi) is 6.49. The van der Waals surface area contributed by atoms with Gasteiger partial charge in [0.05, 0.1) is 0 Å². The fourth-order valence-corrected chi connectivity index (χ4v) is 2.30. The lowest BCUT2D eigenvalue weighted by Crippen LogP contribution is -2.51. The van der Waals surface area contributed by atoms with E-state index in [4.69, 9.17) is 0 Å². The molecule has 4 nitrogen and oxygen atoms in total. The third-order valence-electron chi connectivity index (χ3n) is 3.43. The molecule has 1 aromatic rings. The van der Waals surface area contributed by atoms with Crippen molar-refractivity contribution in [3.05, 3.63) is 29.8 Å². The Balaban J connectivity index is 0.00000242. The molecular weight excluding hydrogens is 321 g/mol. The summed E-state index contributed by atoms with van der Waals surface area (Å²) in [6.07, 6.45) is -2.87. The van der Waals surface area contributed by atoms with E-state index in [-0.39, 0.29) is 36.1 Å². The number of hydrogen-bond donors (Lipinski definition) is 2. The van der Waals surface area contributed by atoms with E-state index in [0.29, 0.717) is 5.56 Å². The normalized spacial score (nSPS) is 21.6. The van der Waals surface area contributed by atoms with Gasteiger partial charge in [-0.15, -0.1) is 25.6 Å². The van der Waals surface area contributed by atoms with Gasteiger partial charge in [0.15, 0.2) is 0 Å². The Morgan fingerprint density at radius 2 is 1.95 bits per heavy atom. The summed E-state index contributed by atoms with van der Waals surface area (Å²) in [7, 11) is 0. The Hall–Kier alpha value is -1.47. The number of piperidine rings is 1. The standard InChI is InChI=1S/C14H17F3N2O2.ClH/c1-9-12(3-2-8-18-9)19-13(20)10-4-6-11(7-5-10)21-14(15,16)17;/h4-7,9,12,18H,2-3,8H2,1H3,(H,19,20);1H. The monoisotopic (exact) mass is 338 g/mol. The molecule has 2 atom stereocenters. The van der Waals surface area contributed by atoms with E-state index < -0.39 is 6.36 Å². The molecule has 1 aromatic carbocycles.